The topological polar surface area (TPSA) is 26.0 Å². The third kappa shape index (κ3) is 2.63. The third-order valence-corrected chi connectivity index (χ3v) is 3.04. The van der Waals surface area contributed by atoms with E-state index in [4.69, 9.17) is 5.73 Å². The highest BCUT2D eigenvalue weighted by atomic mass is 19.1. The van der Waals surface area contributed by atoms with Crippen molar-refractivity contribution < 1.29 is 13.2 Å². The molecule has 1 unspecified atom stereocenters. The van der Waals surface area contributed by atoms with Gasteiger partial charge in [0, 0.05) is 11.6 Å². The van der Waals surface area contributed by atoms with Crippen LogP contribution in [0.5, 0.6) is 0 Å². The summed E-state index contributed by atoms with van der Waals surface area (Å²) in [6.45, 7) is 3.18. The molecule has 2 N–H and O–H groups in total. The summed E-state index contributed by atoms with van der Waals surface area (Å²) in [6.07, 6.45) is 0. The molecule has 1 nitrogen and oxygen atoms in total. The summed E-state index contributed by atoms with van der Waals surface area (Å²) < 4.78 is 40.9. The average molecular weight is 265 g/mol. The van der Waals surface area contributed by atoms with Crippen LogP contribution in [0.15, 0.2) is 30.3 Å². The Labute approximate surface area is 109 Å². The van der Waals surface area contributed by atoms with Crippen LogP contribution in [0.3, 0.4) is 0 Å². The van der Waals surface area contributed by atoms with E-state index in [-0.39, 0.29) is 16.7 Å². The smallest absolute Gasteiger partial charge is 0.131 e. The van der Waals surface area contributed by atoms with Crippen molar-refractivity contribution in [1.29, 1.82) is 0 Å². The third-order valence-electron chi connectivity index (χ3n) is 3.04. The zero-order chi connectivity index (χ0) is 14.2. The van der Waals surface area contributed by atoms with E-state index in [1.807, 2.05) is 0 Å². The fraction of sp³-hybridized carbons (Fsp3) is 0.200. The molecule has 0 aromatic heterocycles. The van der Waals surface area contributed by atoms with E-state index in [0.717, 1.165) is 12.1 Å². The molecule has 2 aromatic rings. The molecule has 100 valence electrons. The number of hydrogen-bond acceptors (Lipinski definition) is 1. The van der Waals surface area contributed by atoms with E-state index in [1.54, 1.807) is 6.92 Å². The molecule has 0 bridgehead atoms. The van der Waals surface area contributed by atoms with Gasteiger partial charge in [0.1, 0.15) is 17.5 Å². The fourth-order valence-electron chi connectivity index (χ4n) is 2.01. The quantitative estimate of drug-likeness (QED) is 0.869. The second-order valence-electron chi connectivity index (χ2n) is 4.60. The highest BCUT2D eigenvalue weighted by Crippen LogP contribution is 2.31. The van der Waals surface area contributed by atoms with Crippen molar-refractivity contribution in [2.45, 2.75) is 19.9 Å². The minimum atomic E-state index is -0.591. The molecule has 0 amide bonds. The molecule has 0 aliphatic carbocycles. The molecular weight excluding hydrogens is 251 g/mol. The van der Waals surface area contributed by atoms with E-state index < -0.39 is 23.5 Å². The van der Waals surface area contributed by atoms with E-state index in [0.29, 0.717) is 5.56 Å². The maximum atomic E-state index is 14.0. The SMILES string of the molecule is Cc1cc(F)c(-c2cc(F)ccc2C(C)N)cc1F. The second kappa shape index (κ2) is 5.05. The number of hydrogen-bond donors (Lipinski definition) is 1. The van der Waals surface area contributed by atoms with Gasteiger partial charge < -0.3 is 5.73 Å². The first kappa shape index (κ1) is 13.6. The largest absolute Gasteiger partial charge is 0.324 e. The first-order valence-corrected chi connectivity index (χ1v) is 5.91. The maximum Gasteiger partial charge on any atom is 0.131 e. The Morgan fingerprint density at radius 3 is 2.26 bits per heavy atom. The molecule has 1 atom stereocenters. The van der Waals surface area contributed by atoms with Crippen molar-refractivity contribution in [3.63, 3.8) is 0 Å². The summed E-state index contributed by atoms with van der Waals surface area (Å²) in [4.78, 5) is 0. The van der Waals surface area contributed by atoms with Gasteiger partial charge in [-0.05, 0) is 54.8 Å². The molecule has 2 rings (SSSR count). The Hall–Kier alpha value is -1.81. The summed E-state index contributed by atoms with van der Waals surface area (Å²) in [5.74, 6) is -1.64. The molecule has 0 saturated carbocycles. The Bertz CT molecular complexity index is 621. The van der Waals surface area contributed by atoms with Crippen molar-refractivity contribution >= 4 is 0 Å². The van der Waals surface area contributed by atoms with Gasteiger partial charge in [0.2, 0.25) is 0 Å². The van der Waals surface area contributed by atoms with E-state index in [9.17, 15) is 13.2 Å². The number of rotatable bonds is 2. The predicted octanol–water partition coefficient (Wildman–Crippen LogP) is 4.10. The van der Waals surface area contributed by atoms with Gasteiger partial charge in [-0.2, -0.15) is 0 Å². The molecule has 0 radical (unpaired) electrons. The van der Waals surface area contributed by atoms with Gasteiger partial charge >= 0.3 is 0 Å². The number of benzene rings is 2. The molecular formula is C15H14F3N. The first-order valence-electron chi connectivity index (χ1n) is 5.91. The van der Waals surface area contributed by atoms with Gasteiger partial charge in [-0.25, -0.2) is 13.2 Å². The summed E-state index contributed by atoms with van der Waals surface area (Å²) in [6, 6.07) is 5.69. The standard InChI is InChI=1S/C15H14F3N/c1-8-5-15(18)13(7-14(8)17)12-6-10(16)3-4-11(12)9(2)19/h3-7,9H,19H2,1-2H3. The molecule has 0 aliphatic rings. The van der Waals surface area contributed by atoms with Crippen molar-refractivity contribution in [2.75, 3.05) is 0 Å². The summed E-state index contributed by atoms with van der Waals surface area (Å²) in [5, 5.41) is 0. The summed E-state index contributed by atoms with van der Waals surface area (Å²) in [7, 11) is 0. The normalized spacial score (nSPS) is 12.5. The molecule has 2 aromatic carbocycles. The van der Waals surface area contributed by atoms with Gasteiger partial charge in [0.25, 0.3) is 0 Å². The molecule has 0 heterocycles. The average Bonchev–Trinajstić information content (AvgIpc) is 2.33. The van der Waals surface area contributed by atoms with Crippen molar-refractivity contribution in [2.24, 2.45) is 5.73 Å². The Balaban J connectivity index is 2.71. The van der Waals surface area contributed by atoms with Gasteiger partial charge in [0.05, 0.1) is 0 Å². The number of aryl methyl sites for hydroxylation is 1. The van der Waals surface area contributed by atoms with Crippen LogP contribution in [-0.4, -0.2) is 0 Å². The Morgan fingerprint density at radius 2 is 1.63 bits per heavy atom. The lowest BCUT2D eigenvalue weighted by Gasteiger charge is -2.14. The van der Waals surface area contributed by atoms with Gasteiger partial charge in [-0.1, -0.05) is 6.07 Å². The summed E-state index contributed by atoms with van der Waals surface area (Å²) >= 11 is 0. The predicted molar refractivity (Wildman–Crippen MR) is 69.1 cm³/mol. The monoisotopic (exact) mass is 265 g/mol. The minimum absolute atomic E-state index is 0.0231. The van der Waals surface area contributed by atoms with E-state index in [2.05, 4.69) is 0 Å². The van der Waals surface area contributed by atoms with Crippen LogP contribution in [0, 0.1) is 24.4 Å². The fourth-order valence-corrected chi connectivity index (χ4v) is 2.01. The highest BCUT2D eigenvalue weighted by molar-refractivity contribution is 5.69. The van der Waals surface area contributed by atoms with Crippen molar-refractivity contribution in [1.82, 2.24) is 0 Å². The van der Waals surface area contributed by atoms with Crippen LogP contribution < -0.4 is 5.73 Å². The molecule has 19 heavy (non-hydrogen) atoms. The molecule has 0 spiro atoms. The van der Waals surface area contributed by atoms with Crippen LogP contribution in [0.1, 0.15) is 24.1 Å². The Morgan fingerprint density at radius 1 is 0.947 bits per heavy atom. The van der Waals surface area contributed by atoms with Gasteiger partial charge in [-0.3, -0.25) is 0 Å². The van der Waals surface area contributed by atoms with Crippen LogP contribution in [0.4, 0.5) is 13.2 Å². The lowest BCUT2D eigenvalue weighted by molar-refractivity contribution is 0.594. The van der Waals surface area contributed by atoms with Crippen LogP contribution in [0.2, 0.25) is 0 Å². The second-order valence-corrected chi connectivity index (χ2v) is 4.60. The van der Waals surface area contributed by atoms with E-state index in [1.165, 1.54) is 25.1 Å². The maximum absolute atomic E-state index is 14.0. The Kier molecular flexibility index (Phi) is 3.62. The minimum Gasteiger partial charge on any atom is -0.324 e. The zero-order valence-electron chi connectivity index (χ0n) is 10.7. The van der Waals surface area contributed by atoms with Crippen LogP contribution in [-0.2, 0) is 0 Å². The van der Waals surface area contributed by atoms with Gasteiger partial charge in [-0.15, -0.1) is 0 Å². The molecule has 0 aliphatic heterocycles. The summed E-state index contributed by atoms with van der Waals surface area (Å²) in [5.41, 5.74) is 6.87. The van der Waals surface area contributed by atoms with Crippen molar-refractivity contribution in [3.05, 3.63) is 58.9 Å². The van der Waals surface area contributed by atoms with E-state index >= 15 is 0 Å². The van der Waals surface area contributed by atoms with Crippen molar-refractivity contribution in [3.8, 4) is 11.1 Å². The highest BCUT2D eigenvalue weighted by Gasteiger charge is 2.15. The molecule has 0 fully saturated rings. The number of nitrogens with two attached hydrogens (primary N) is 1. The van der Waals surface area contributed by atoms with Crippen LogP contribution in [0.25, 0.3) is 11.1 Å². The zero-order valence-corrected chi connectivity index (χ0v) is 10.7. The molecule has 4 heteroatoms. The first-order chi connectivity index (χ1) is 8.90. The lowest BCUT2D eigenvalue weighted by Crippen LogP contribution is -2.07. The molecule has 0 saturated heterocycles. The lowest BCUT2D eigenvalue weighted by atomic mass is 9.94. The van der Waals surface area contributed by atoms with Crippen LogP contribution >= 0.6 is 0 Å². The number of halogens is 3. The van der Waals surface area contributed by atoms with Gasteiger partial charge in [0.15, 0.2) is 0 Å².